The van der Waals surface area contributed by atoms with Crippen LogP contribution in [0.2, 0.25) is 0 Å². The largest absolute Gasteiger partial charge is 0.497 e. The maximum Gasteiger partial charge on any atom is 0.119 e. The second-order valence-electron chi connectivity index (χ2n) is 5.01. The van der Waals surface area contributed by atoms with E-state index in [1.807, 2.05) is 6.07 Å². The molecule has 0 saturated heterocycles. The van der Waals surface area contributed by atoms with Crippen LogP contribution in [0, 0.1) is 5.92 Å². The van der Waals surface area contributed by atoms with Gasteiger partial charge in [0, 0.05) is 7.11 Å². The van der Waals surface area contributed by atoms with E-state index in [1.54, 1.807) is 14.2 Å². The molecule has 0 radical (unpaired) electrons. The minimum atomic E-state index is 0.300. The van der Waals surface area contributed by atoms with E-state index in [4.69, 9.17) is 9.47 Å². The zero-order valence-corrected chi connectivity index (χ0v) is 12.6. The lowest BCUT2D eigenvalue weighted by Crippen LogP contribution is -2.27. The SMILES string of the molecule is CCNCC(Cc1cccc(OC)c1)CC(C)OC. The van der Waals surface area contributed by atoms with Crippen molar-refractivity contribution in [3.05, 3.63) is 29.8 Å². The van der Waals surface area contributed by atoms with E-state index in [0.717, 1.165) is 31.7 Å². The Morgan fingerprint density at radius 1 is 1.26 bits per heavy atom. The second kappa shape index (κ2) is 8.94. The first-order valence-corrected chi connectivity index (χ1v) is 7.06. The first-order chi connectivity index (χ1) is 9.19. The Morgan fingerprint density at radius 3 is 2.68 bits per heavy atom. The van der Waals surface area contributed by atoms with Crippen LogP contribution >= 0.6 is 0 Å². The van der Waals surface area contributed by atoms with Crippen LogP contribution in [0.5, 0.6) is 5.75 Å². The third-order valence-corrected chi connectivity index (χ3v) is 3.41. The van der Waals surface area contributed by atoms with Crippen molar-refractivity contribution < 1.29 is 9.47 Å². The monoisotopic (exact) mass is 265 g/mol. The van der Waals surface area contributed by atoms with Gasteiger partial charge in [0.05, 0.1) is 13.2 Å². The van der Waals surface area contributed by atoms with Gasteiger partial charge in [0.1, 0.15) is 5.75 Å². The van der Waals surface area contributed by atoms with E-state index in [0.29, 0.717) is 12.0 Å². The number of hydrogen-bond acceptors (Lipinski definition) is 3. The van der Waals surface area contributed by atoms with Gasteiger partial charge in [0.25, 0.3) is 0 Å². The quantitative estimate of drug-likeness (QED) is 0.744. The smallest absolute Gasteiger partial charge is 0.119 e. The van der Waals surface area contributed by atoms with Gasteiger partial charge in [-0.05, 0) is 56.5 Å². The lowest BCUT2D eigenvalue weighted by molar-refractivity contribution is 0.0947. The van der Waals surface area contributed by atoms with Crippen molar-refractivity contribution in [1.29, 1.82) is 0 Å². The van der Waals surface area contributed by atoms with Crippen LogP contribution in [-0.2, 0) is 11.2 Å². The number of rotatable bonds is 9. The second-order valence-corrected chi connectivity index (χ2v) is 5.01. The molecule has 0 heterocycles. The predicted molar refractivity (Wildman–Crippen MR) is 79.8 cm³/mol. The lowest BCUT2D eigenvalue weighted by atomic mass is 9.93. The number of benzene rings is 1. The van der Waals surface area contributed by atoms with E-state index < -0.39 is 0 Å². The van der Waals surface area contributed by atoms with Crippen LogP contribution < -0.4 is 10.1 Å². The summed E-state index contributed by atoms with van der Waals surface area (Å²) in [5.74, 6) is 1.52. The molecule has 1 aromatic rings. The summed E-state index contributed by atoms with van der Waals surface area (Å²) in [5, 5.41) is 3.44. The average Bonchev–Trinajstić information content (AvgIpc) is 2.44. The number of nitrogens with one attached hydrogen (secondary N) is 1. The Kier molecular flexibility index (Phi) is 7.53. The number of hydrogen-bond donors (Lipinski definition) is 1. The molecular weight excluding hydrogens is 238 g/mol. The lowest BCUT2D eigenvalue weighted by Gasteiger charge is -2.21. The summed E-state index contributed by atoms with van der Waals surface area (Å²) >= 11 is 0. The molecule has 0 aliphatic carbocycles. The Balaban J connectivity index is 2.63. The molecule has 0 saturated carbocycles. The topological polar surface area (TPSA) is 30.5 Å². The highest BCUT2D eigenvalue weighted by atomic mass is 16.5. The first-order valence-electron chi connectivity index (χ1n) is 7.06. The highest BCUT2D eigenvalue weighted by molar-refractivity contribution is 5.28. The van der Waals surface area contributed by atoms with Gasteiger partial charge in [0.2, 0.25) is 0 Å². The van der Waals surface area contributed by atoms with E-state index >= 15 is 0 Å². The van der Waals surface area contributed by atoms with E-state index in [-0.39, 0.29) is 0 Å². The van der Waals surface area contributed by atoms with Crippen LogP contribution in [-0.4, -0.2) is 33.4 Å². The number of ether oxygens (including phenoxy) is 2. The zero-order valence-electron chi connectivity index (χ0n) is 12.6. The molecule has 1 aromatic carbocycles. The van der Waals surface area contributed by atoms with Crippen molar-refractivity contribution in [3.8, 4) is 5.75 Å². The maximum absolute atomic E-state index is 5.39. The normalized spacial score (nSPS) is 14.1. The highest BCUT2D eigenvalue weighted by Gasteiger charge is 2.13. The molecule has 3 nitrogen and oxygen atoms in total. The van der Waals surface area contributed by atoms with Gasteiger partial charge in [-0.2, -0.15) is 0 Å². The Hall–Kier alpha value is -1.06. The molecular formula is C16H27NO2. The first kappa shape index (κ1) is 16.0. The molecule has 0 bridgehead atoms. The highest BCUT2D eigenvalue weighted by Crippen LogP contribution is 2.19. The molecule has 0 amide bonds. The van der Waals surface area contributed by atoms with E-state index in [9.17, 15) is 0 Å². The molecule has 0 fully saturated rings. The fraction of sp³-hybridized carbons (Fsp3) is 0.625. The Labute approximate surface area is 117 Å². The summed E-state index contributed by atoms with van der Waals surface area (Å²) in [6.07, 6.45) is 2.42. The van der Waals surface area contributed by atoms with Crippen LogP contribution in [0.15, 0.2) is 24.3 Å². The van der Waals surface area contributed by atoms with E-state index in [2.05, 4.69) is 37.4 Å². The maximum atomic E-state index is 5.39. The zero-order chi connectivity index (χ0) is 14.1. The predicted octanol–water partition coefficient (Wildman–Crippen LogP) is 2.89. The van der Waals surface area contributed by atoms with Gasteiger partial charge < -0.3 is 14.8 Å². The minimum Gasteiger partial charge on any atom is -0.497 e. The summed E-state index contributed by atoms with van der Waals surface area (Å²) in [7, 11) is 3.49. The molecule has 108 valence electrons. The van der Waals surface area contributed by atoms with Gasteiger partial charge in [-0.25, -0.2) is 0 Å². The van der Waals surface area contributed by atoms with Crippen molar-refractivity contribution in [3.63, 3.8) is 0 Å². The molecule has 0 aliphatic heterocycles. The van der Waals surface area contributed by atoms with Crippen LogP contribution in [0.25, 0.3) is 0 Å². The third kappa shape index (κ3) is 6.08. The summed E-state index contributed by atoms with van der Waals surface area (Å²) in [6.45, 7) is 6.31. The minimum absolute atomic E-state index is 0.300. The molecule has 1 N–H and O–H groups in total. The van der Waals surface area contributed by atoms with E-state index in [1.165, 1.54) is 5.56 Å². The van der Waals surface area contributed by atoms with Crippen molar-refractivity contribution in [2.45, 2.75) is 32.8 Å². The van der Waals surface area contributed by atoms with Gasteiger partial charge in [-0.1, -0.05) is 19.1 Å². The van der Waals surface area contributed by atoms with Gasteiger partial charge in [-0.3, -0.25) is 0 Å². The average molecular weight is 265 g/mol. The third-order valence-electron chi connectivity index (χ3n) is 3.41. The molecule has 2 unspecified atom stereocenters. The van der Waals surface area contributed by atoms with Gasteiger partial charge >= 0.3 is 0 Å². The summed E-state index contributed by atoms with van der Waals surface area (Å²) in [4.78, 5) is 0. The molecule has 0 aliphatic rings. The standard InChI is InChI=1S/C16H27NO2/c1-5-17-12-15(9-13(2)18-3)10-14-7-6-8-16(11-14)19-4/h6-8,11,13,15,17H,5,9-10,12H2,1-4H3. The van der Waals surface area contributed by atoms with Gasteiger partial charge in [0.15, 0.2) is 0 Å². The molecule has 2 atom stereocenters. The molecule has 0 aromatic heterocycles. The fourth-order valence-corrected chi connectivity index (χ4v) is 2.29. The molecule has 0 spiro atoms. The van der Waals surface area contributed by atoms with Crippen molar-refractivity contribution in [2.75, 3.05) is 27.3 Å². The molecule has 1 rings (SSSR count). The van der Waals surface area contributed by atoms with Crippen molar-refractivity contribution in [1.82, 2.24) is 5.32 Å². The summed E-state index contributed by atoms with van der Waals surface area (Å²) in [5.41, 5.74) is 1.32. The summed E-state index contributed by atoms with van der Waals surface area (Å²) < 4.78 is 10.7. The Bertz CT molecular complexity index is 354. The van der Waals surface area contributed by atoms with Crippen LogP contribution in [0.4, 0.5) is 0 Å². The van der Waals surface area contributed by atoms with Crippen LogP contribution in [0.1, 0.15) is 25.8 Å². The number of methoxy groups -OCH3 is 2. The molecule has 19 heavy (non-hydrogen) atoms. The van der Waals surface area contributed by atoms with Crippen molar-refractivity contribution >= 4 is 0 Å². The van der Waals surface area contributed by atoms with Crippen LogP contribution in [0.3, 0.4) is 0 Å². The summed E-state index contributed by atoms with van der Waals surface area (Å²) in [6, 6.07) is 8.33. The fourth-order valence-electron chi connectivity index (χ4n) is 2.29. The Morgan fingerprint density at radius 2 is 2.05 bits per heavy atom. The van der Waals surface area contributed by atoms with Crippen molar-refractivity contribution in [2.24, 2.45) is 5.92 Å². The molecule has 3 heteroatoms. The van der Waals surface area contributed by atoms with Gasteiger partial charge in [-0.15, -0.1) is 0 Å².